The molecule has 0 aliphatic heterocycles. The number of hydrogen-bond donors (Lipinski definition) is 2. The minimum Gasteiger partial charge on any atom is -0.465 e. The number of imidazole rings is 1. The molecule has 1 amide bonds. The smallest absolute Gasteiger partial charge is 0.404 e. The summed E-state index contributed by atoms with van der Waals surface area (Å²) in [7, 11) is 0. The van der Waals surface area contributed by atoms with Crippen LogP contribution in [0.3, 0.4) is 0 Å². The Kier molecular flexibility index (Phi) is 4.43. The molecular formula is C18H22N4O2. The molecule has 1 aliphatic rings. The summed E-state index contributed by atoms with van der Waals surface area (Å²) in [4.78, 5) is 15.1. The van der Waals surface area contributed by atoms with Crippen molar-refractivity contribution in [2.24, 2.45) is 11.3 Å². The molecule has 0 bridgehead atoms. The fourth-order valence-corrected chi connectivity index (χ4v) is 3.93. The van der Waals surface area contributed by atoms with Gasteiger partial charge in [0.15, 0.2) is 0 Å². The maximum atomic E-state index is 10.7. The molecule has 2 unspecified atom stereocenters. The number of nitrogens with one attached hydrogen (secondary N) is 1. The van der Waals surface area contributed by atoms with Crippen LogP contribution in [0, 0.1) is 22.7 Å². The zero-order valence-corrected chi connectivity index (χ0v) is 13.8. The molecule has 24 heavy (non-hydrogen) atoms. The molecule has 2 N–H and O–H groups in total. The summed E-state index contributed by atoms with van der Waals surface area (Å²) in [6.45, 7) is 3.62. The van der Waals surface area contributed by atoms with Gasteiger partial charge in [-0.25, -0.2) is 9.78 Å². The second kappa shape index (κ2) is 6.52. The predicted octanol–water partition coefficient (Wildman–Crippen LogP) is 3.37. The fourth-order valence-electron chi connectivity index (χ4n) is 3.93. The number of aromatic nitrogens is 2. The van der Waals surface area contributed by atoms with Crippen molar-refractivity contribution in [1.29, 1.82) is 5.26 Å². The van der Waals surface area contributed by atoms with Crippen LogP contribution in [0.4, 0.5) is 4.79 Å². The molecule has 126 valence electrons. The molecule has 2 atom stereocenters. The number of carboxylic acid groups (broad SMARTS) is 1. The average Bonchev–Trinajstić information content (AvgIpc) is 2.94. The third-order valence-electron chi connectivity index (χ3n) is 5.02. The topological polar surface area (TPSA) is 90.9 Å². The molecule has 1 aliphatic carbocycles. The Bertz CT molecular complexity index is 792. The summed E-state index contributed by atoms with van der Waals surface area (Å²) in [6.07, 6.45) is 5.18. The number of hydrogen-bond acceptors (Lipinski definition) is 3. The SMILES string of the molecule is CC1(Cn2cnc3ccc(C#N)cc32)CCCC(CNC(=O)O)C1. The number of nitriles is 1. The Labute approximate surface area is 141 Å². The molecule has 1 aromatic carbocycles. The Balaban J connectivity index is 1.77. The van der Waals surface area contributed by atoms with E-state index in [0.29, 0.717) is 18.0 Å². The van der Waals surface area contributed by atoms with Gasteiger partial charge in [-0.3, -0.25) is 0 Å². The zero-order valence-electron chi connectivity index (χ0n) is 13.8. The molecule has 6 nitrogen and oxygen atoms in total. The van der Waals surface area contributed by atoms with E-state index in [2.05, 4.69) is 27.9 Å². The van der Waals surface area contributed by atoms with Gasteiger partial charge in [0, 0.05) is 13.1 Å². The molecule has 1 saturated carbocycles. The van der Waals surface area contributed by atoms with Gasteiger partial charge in [-0.2, -0.15) is 5.26 Å². The zero-order chi connectivity index (χ0) is 17.2. The second-order valence-corrected chi connectivity index (χ2v) is 7.15. The maximum absolute atomic E-state index is 10.7. The highest BCUT2D eigenvalue weighted by molar-refractivity contribution is 5.77. The van der Waals surface area contributed by atoms with Gasteiger partial charge in [-0.15, -0.1) is 0 Å². The molecule has 1 heterocycles. The minimum absolute atomic E-state index is 0.110. The Morgan fingerprint density at radius 3 is 3.17 bits per heavy atom. The predicted molar refractivity (Wildman–Crippen MR) is 90.5 cm³/mol. The molecule has 6 heteroatoms. The van der Waals surface area contributed by atoms with Crippen molar-refractivity contribution in [3.8, 4) is 6.07 Å². The van der Waals surface area contributed by atoms with Gasteiger partial charge in [0.05, 0.1) is 29.0 Å². The number of benzene rings is 1. The molecule has 2 aromatic rings. The lowest BCUT2D eigenvalue weighted by Gasteiger charge is -2.38. The maximum Gasteiger partial charge on any atom is 0.404 e. The van der Waals surface area contributed by atoms with Gasteiger partial charge < -0.3 is 15.0 Å². The van der Waals surface area contributed by atoms with E-state index in [4.69, 9.17) is 10.4 Å². The quantitative estimate of drug-likeness (QED) is 0.901. The first kappa shape index (κ1) is 16.3. The van der Waals surface area contributed by atoms with Crippen molar-refractivity contribution >= 4 is 17.1 Å². The van der Waals surface area contributed by atoms with Gasteiger partial charge in [-0.05, 0) is 48.8 Å². The monoisotopic (exact) mass is 326 g/mol. The summed E-state index contributed by atoms with van der Waals surface area (Å²) < 4.78 is 2.13. The van der Waals surface area contributed by atoms with Crippen molar-refractivity contribution < 1.29 is 9.90 Å². The van der Waals surface area contributed by atoms with Crippen LogP contribution < -0.4 is 5.32 Å². The lowest BCUT2D eigenvalue weighted by molar-refractivity contribution is 0.132. The molecular weight excluding hydrogens is 304 g/mol. The normalized spacial score (nSPS) is 23.8. The van der Waals surface area contributed by atoms with E-state index >= 15 is 0 Å². The molecule has 0 spiro atoms. The van der Waals surface area contributed by atoms with Gasteiger partial charge >= 0.3 is 6.09 Å². The van der Waals surface area contributed by atoms with Gasteiger partial charge in [0.25, 0.3) is 0 Å². The van der Waals surface area contributed by atoms with Crippen molar-refractivity contribution in [3.63, 3.8) is 0 Å². The third kappa shape index (κ3) is 3.51. The molecule has 1 aromatic heterocycles. The molecule has 0 radical (unpaired) electrons. The van der Waals surface area contributed by atoms with Gasteiger partial charge in [0.1, 0.15) is 0 Å². The Morgan fingerprint density at radius 2 is 2.42 bits per heavy atom. The average molecular weight is 326 g/mol. The first-order valence-electron chi connectivity index (χ1n) is 8.31. The van der Waals surface area contributed by atoms with Gasteiger partial charge in [0.2, 0.25) is 0 Å². The van der Waals surface area contributed by atoms with Crippen LogP contribution in [0.25, 0.3) is 11.0 Å². The minimum atomic E-state index is -0.952. The first-order chi connectivity index (χ1) is 11.5. The second-order valence-electron chi connectivity index (χ2n) is 7.15. The van der Waals surface area contributed by atoms with Crippen molar-refractivity contribution in [1.82, 2.24) is 14.9 Å². The van der Waals surface area contributed by atoms with Crippen LogP contribution in [0.1, 0.15) is 38.2 Å². The highest BCUT2D eigenvalue weighted by Crippen LogP contribution is 2.40. The van der Waals surface area contributed by atoms with Crippen LogP contribution in [0.5, 0.6) is 0 Å². The van der Waals surface area contributed by atoms with Crippen molar-refractivity contribution in [3.05, 3.63) is 30.1 Å². The van der Waals surface area contributed by atoms with E-state index in [-0.39, 0.29) is 5.41 Å². The molecule has 3 rings (SSSR count). The number of nitrogens with zero attached hydrogens (tertiary/aromatic N) is 3. The number of rotatable bonds is 4. The summed E-state index contributed by atoms with van der Waals surface area (Å²) in [6, 6.07) is 7.73. The first-order valence-corrected chi connectivity index (χ1v) is 8.31. The lowest BCUT2D eigenvalue weighted by atomic mass is 9.70. The van der Waals surface area contributed by atoms with Crippen LogP contribution >= 0.6 is 0 Å². The lowest BCUT2D eigenvalue weighted by Crippen LogP contribution is -2.36. The Hall–Kier alpha value is -2.55. The van der Waals surface area contributed by atoms with E-state index in [0.717, 1.165) is 43.3 Å². The van der Waals surface area contributed by atoms with Crippen LogP contribution in [0.15, 0.2) is 24.5 Å². The van der Waals surface area contributed by atoms with Crippen LogP contribution in [-0.2, 0) is 6.54 Å². The number of fused-ring (bicyclic) bond motifs is 1. The van der Waals surface area contributed by atoms with Crippen molar-refractivity contribution in [2.45, 2.75) is 39.2 Å². The summed E-state index contributed by atoms with van der Waals surface area (Å²) in [5.41, 5.74) is 2.64. The van der Waals surface area contributed by atoms with Crippen LogP contribution in [-0.4, -0.2) is 27.3 Å². The largest absolute Gasteiger partial charge is 0.465 e. The highest BCUT2D eigenvalue weighted by atomic mass is 16.4. The van der Waals surface area contributed by atoms with E-state index in [1.165, 1.54) is 0 Å². The highest BCUT2D eigenvalue weighted by Gasteiger charge is 2.33. The fraction of sp³-hybridized carbons (Fsp3) is 0.500. The third-order valence-corrected chi connectivity index (χ3v) is 5.02. The van der Waals surface area contributed by atoms with E-state index in [1.54, 1.807) is 6.07 Å². The Morgan fingerprint density at radius 1 is 1.58 bits per heavy atom. The van der Waals surface area contributed by atoms with E-state index < -0.39 is 6.09 Å². The summed E-state index contributed by atoms with van der Waals surface area (Å²) >= 11 is 0. The molecule has 1 fully saturated rings. The summed E-state index contributed by atoms with van der Waals surface area (Å²) in [5.74, 6) is 0.379. The van der Waals surface area contributed by atoms with Gasteiger partial charge in [-0.1, -0.05) is 13.3 Å². The van der Waals surface area contributed by atoms with Crippen LogP contribution in [0.2, 0.25) is 0 Å². The number of amides is 1. The van der Waals surface area contributed by atoms with E-state index in [1.807, 2.05) is 18.5 Å². The van der Waals surface area contributed by atoms with Crippen molar-refractivity contribution in [2.75, 3.05) is 6.54 Å². The standard InChI is InChI=1S/C18H22N4O2/c1-18(6-2-3-14(8-18)10-20-17(23)24)11-22-12-21-15-5-4-13(9-19)7-16(15)22/h4-5,7,12,14,20H,2-3,6,8,10-11H2,1H3,(H,23,24). The number of carbonyl (C=O) groups is 1. The van der Waals surface area contributed by atoms with E-state index in [9.17, 15) is 4.79 Å². The molecule has 0 saturated heterocycles. The summed E-state index contributed by atoms with van der Waals surface area (Å²) in [5, 5.41) is 20.4.